The van der Waals surface area contributed by atoms with Gasteiger partial charge in [0.05, 0.1) is 6.04 Å². The minimum atomic E-state index is -0.795. The van der Waals surface area contributed by atoms with Gasteiger partial charge in [-0.05, 0) is 40.5 Å². The zero-order valence-electron chi connectivity index (χ0n) is 13.9. The Kier molecular flexibility index (Phi) is 6.55. The number of hydrogen-bond donors (Lipinski definition) is 3. The summed E-state index contributed by atoms with van der Waals surface area (Å²) in [5, 5.41) is 20.2. The second kappa shape index (κ2) is 7.95. The molecule has 1 heterocycles. The summed E-state index contributed by atoms with van der Waals surface area (Å²) in [6.45, 7) is 7.83. The number of carbonyl (C=O) groups is 1. The fourth-order valence-electron chi connectivity index (χ4n) is 2.34. The van der Waals surface area contributed by atoms with Gasteiger partial charge in [0.25, 0.3) is 5.96 Å². The van der Waals surface area contributed by atoms with Crippen LogP contribution in [0.5, 0.6) is 0 Å². The number of rotatable bonds is 4. The van der Waals surface area contributed by atoms with Crippen molar-refractivity contribution in [3.05, 3.63) is 10.1 Å². The van der Waals surface area contributed by atoms with Gasteiger partial charge in [-0.2, -0.15) is 0 Å². The van der Waals surface area contributed by atoms with E-state index in [0.29, 0.717) is 26.0 Å². The fourth-order valence-corrected chi connectivity index (χ4v) is 2.34. The van der Waals surface area contributed by atoms with Crippen LogP contribution in [-0.2, 0) is 9.47 Å². The Balaban J connectivity index is 2.78. The van der Waals surface area contributed by atoms with Crippen LogP contribution in [0.25, 0.3) is 0 Å². The van der Waals surface area contributed by atoms with Gasteiger partial charge in [0.1, 0.15) is 5.60 Å². The van der Waals surface area contributed by atoms with E-state index in [1.165, 1.54) is 4.90 Å². The van der Waals surface area contributed by atoms with Crippen molar-refractivity contribution in [1.29, 1.82) is 5.41 Å². The molecule has 23 heavy (non-hydrogen) atoms. The predicted octanol–water partition coefficient (Wildman–Crippen LogP) is 1.05. The number of hydrazine groups is 1. The van der Waals surface area contributed by atoms with Gasteiger partial charge >= 0.3 is 6.09 Å². The Morgan fingerprint density at radius 1 is 1.48 bits per heavy atom. The van der Waals surface area contributed by atoms with Crippen molar-refractivity contribution in [2.24, 2.45) is 0 Å². The van der Waals surface area contributed by atoms with Gasteiger partial charge in [-0.25, -0.2) is 14.9 Å². The van der Waals surface area contributed by atoms with Crippen molar-refractivity contribution in [3.8, 4) is 0 Å². The Morgan fingerprint density at radius 3 is 2.65 bits per heavy atom. The monoisotopic (exact) mass is 331 g/mol. The van der Waals surface area contributed by atoms with E-state index in [9.17, 15) is 14.9 Å². The van der Waals surface area contributed by atoms with E-state index < -0.39 is 29.0 Å². The highest BCUT2D eigenvalue weighted by Gasteiger charge is 2.36. The molecule has 10 heteroatoms. The molecule has 0 aliphatic carbocycles. The maximum Gasteiger partial charge on any atom is 0.408 e. The maximum atomic E-state index is 11.9. The van der Waals surface area contributed by atoms with Crippen molar-refractivity contribution in [1.82, 2.24) is 15.6 Å². The van der Waals surface area contributed by atoms with E-state index in [4.69, 9.17) is 14.9 Å². The summed E-state index contributed by atoms with van der Waals surface area (Å²) >= 11 is 0. The molecule has 132 valence electrons. The topological polar surface area (TPSA) is 130 Å². The highest BCUT2D eigenvalue weighted by Crippen LogP contribution is 2.19. The Morgan fingerprint density at radius 2 is 2.13 bits per heavy atom. The molecule has 10 nitrogen and oxygen atoms in total. The highest BCUT2D eigenvalue weighted by atomic mass is 16.7. The molecule has 1 aliphatic heterocycles. The molecular weight excluding hydrogens is 306 g/mol. The number of guanidine groups is 1. The summed E-state index contributed by atoms with van der Waals surface area (Å²) < 4.78 is 10.8. The highest BCUT2D eigenvalue weighted by molar-refractivity contribution is 5.76. The van der Waals surface area contributed by atoms with Crippen molar-refractivity contribution >= 4 is 12.1 Å². The Labute approximate surface area is 135 Å². The summed E-state index contributed by atoms with van der Waals surface area (Å²) in [5.74, 6) is -0.371. The van der Waals surface area contributed by atoms with Crippen LogP contribution in [0, 0.1) is 15.5 Å². The predicted molar refractivity (Wildman–Crippen MR) is 82.4 cm³/mol. The van der Waals surface area contributed by atoms with Crippen LogP contribution in [-0.4, -0.2) is 53.0 Å². The van der Waals surface area contributed by atoms with Gasteiger partial charge in [-0.1, -0.05) is 5.43 Å². The Hall–Kier alpha value is -2.10. The second-order valence-electron chi connectivity index (χ2n) is 6.15. The number of ether oxygens (including phenoxy) is 2. The first-order valence-electron chi connectivity index (χ1n) is 7.51. The molecule has 1 fully saturated rings. The molecule has 0 radical (unpaired) electrons. The number of nitrogens with one attached hydrogen (secondary N) is 3. The number of carbonyl (C=O) groups excluding carboxylic acids is 1. The first-order valence-corrected chi connectivity index (χ1v) is 7.51. The number of piperidine rings is 1. The fraction of sp³-hybridized carbons (Fsp3) is 0.846. The summed E-state index contributed by atoms with van der Waals surface area (Å²) in [7, 11) is 0. The third-order valence-electron chi connectivity index (χ3n) is 3.09. The van der Waals surface area contributed by atoms with Gasteiger partial charge < -0.3 is 19.7 Å². The zero-order valence-corrected chi connectivity index (χ0v) is 13.9. The molecule has 3 N–H and O–H groups in total. The molecule has 2 unspecified atom stereocenters. The lowest BCUT2D eigenvalue weighted by molar-refractivity contribution is -0.527. The van der Waals surface area contributed by atoms with E-state index in [1.54, 1.807) is 27.7 Å². The third-order valence-corrected chi connectivity index (χ3v) is 3.09. The minimum absolute atomic E-state index is 0.347. The van der Waals surface area contributed by atoms with Crippen LogP contribution in [0.2, 0.25) is 0 Å². The molecule has 0 saturated carbocycles. The van der Waals surface area contributed by atoms with Crippen LogP contribution in [0.4, 0.5) is 4.79 Å². The van der Waals surface area contributed by atoms with Crippen molar-refractivity contribution < 1.29 is 19.3 Å². The number of amides is 1. The molecule has 1 rings (SSSR count). The third kappa shape index (κ3) is 6.27. The molecule has 1 aliphatic rings. The van der Waals surface area contributed by atoms with Gasteiger partial charge in [0.2, 0.25) is 0 Å². The van der Waals surface area contributed by atoms with E-state index >= 15 is 0 Å². The summed E-state index contributed by atoms with van der Waals surface area (Å²) in [4.78, 5) is 23.9. The van der Waals surface area contributed by atoms with Crippen LogP contribution >= 0.6 is 0 Å². The number of hydrogen-bond acceptors (Lipinski definition) is 6. The van der Waals surface area contributed by atoms with E-state index in [2.05, 4.69) is 5.32 Å². The molecule has 0 bridgehead atoms. The van der Waals surface area contributed by atoms with Crippen molar-refractivity contribution in [2.75, 3.05) is 13.2 Å². The largest absolute Gasteiger partial charge is 0.444 e. The first-order chi connectivity index (χ1) is 10.6. The quantitative estimate of drug-likeness (QED) is 0.304. The Bertz CT molecular complexity index is 451. The first kappa shape index (κ1) is 18.9. The molecule has 1 saturated heterocycles. The van der Waals surface area contributed by atoms with Crippen LogP contribution in [0.15, 0.2) is 0 Å². The molecule has 0 aromatic heterocycles. The van der Waals surface area contributed by atoms with Gasteiger partial charge in [-0.3, -0.25) is 5.41 Å². The average molecular weight is 331 g/mol. The second-order valence-corrected chi connectivity index (χ2v) is 6.15. The zero-order chi connectivity index (χ0) is 17.6. The van der Waals surface area contributed by atoms with E-state index in [0.717, 1.165) is 0 Å². The number of nitrogens with zero attached hydrogens (tertiary/aromatic N) is 2. The number of alkyl carbamates (subject to hydrolysis) is 1. The lowest BCUT2D eigenvalue weighted by Gasteiger charge is -2.41. The molecule has 0 aromatic carbocycles. The van der Waals surface area contributed by atoms with Gasteiger partial charge in [0.15, 0.2) is 11.3 Å². The SMILES string of the molecule is CCOC1C(NC(=O)OC(C)(C)C)CCCN1C(=N)N[N+](=O)[O-]. The van der Waals surface area contributed by atoms with Crippen molar-refractivity contribution in [2.45, 2.75) is 58.4 Å². The summed E-state index contributed by atoms with van der Waals surface area (Å²) in [6.07, 6.45) is 0.0434. The lowest BCUT2D eigenvalue weighted by Crippen LogP contribution is -2.61. The maximum absolute atomic E-state index is 11.9. The molecule has 2 atom stereocenters. The standard InChI is InChI=1S/C13H25N5O5/c1-5-22-10-9(15-12(19)23-13(2,3)4)7-6-8-17(10)11(14)16-18(20)21/h9-10H,5-8H2,1-4H3,(H2,14,16)(H,15,19). The summed E-state index contributed by atoms with van der Waals surface area (Å²) in [6, 6.07) is -0.424. The molecule has 0 spiro atoms. The number of likely N-dealkylation sites (tertiary alicyclic amines) is 1. The molecule has 0 aromatic rings. The van der Waals surface area contributed by atoms with Gasteiger partial charge in [-0.15, -0.1) is 0 Å². The normalized spacial score (nSPS) is 21.5. The van der Waals surface area contributed by atoms with Gasteiger partial charge in [0, 0.05) is 13.2 Å². The van der Waals surface area contributed by atoms with E-state index in [1.807, 2.05) is 5.43 Å². The number of nitro groups is 1. The average Bonchev–Trinajstić information content (AvgIpc) is 2.37. The van der Waals surface area contributed by atoms with Crippen LogP contribution in [0.1, 0.15) is 40.5 Å². The van der Waals surface area contributed by atoms with Crippen LogP contribution < -0.4 is 10.7 Å². The van der Waals surface area contributed by atoms with E-state index in [-0.39, 0.29) is 5.96 Å². The lowest BCUT2D eigenvalue weighted by atomic mass is 10.0. The minimum Gasteiger partial charge on any atom is -0.444 e. The molecule has 1 amide bonds. The van der Waals surface area contributed by atoms with Crippen LogP contribution in [0.3, 0.4) is 0 Å². The summed E-state index contributed by atoms with van der Waals surface area (Å²) in [5.41, 5.74) is 1.19. The molecular formula is C13H25N5O5. The smallest absolute Gasteiger partial charge is 0.408 e. The van der Waals surface area contributed by atoms with Crippen molar-refractivity contribution in [3.63, 3.8) is 0 Å².